The second kappa shape index (κ2) is 7.40. The lowest BCUT2D eigenvalue weighted by atomic mass is 9.91. The van der Waals surface area contributed by atoms with Crippen LogP contribution < -0.4 is 10.2 Å². The van der Waals surface area contributed by atoms with Crippen molar-refractivity contribution < 1.29 is 5.11 Å². The van der Waals surface area contributed by atoms with Crippen LogP contribution in [-0.4, -0.2) is 21.6 Å². The van der Waals surface area contributed by atoms with Crippen molar-refractivity contribution in [1.82, 2.24) is 9.97 Å². The second-order valence-corrected chi connectivity index (χ2v) is 8.95. The Morgan fingerprint density at radius 3 is 2.53 bits per heavy atom. The molecule has 0 atom stereocenters. The van der Waals surface area contributed by atoms with E-state index in [9.17, 15) is 5.11 Å². The zero-order valence-electron chi connectivity index (χ0n) is 17.6. The number of benzene rings is 2. The molecule has 1 saturated carbocycles. The number of aliphatic hydroxyl groups is 1. The van der Waals surface area contributed by atoms with E-state index in [1.165, 1.54) is 24.0 Å². The zero-order valence-corrected chi connectivity index (χ0v) is 17.6. The minimum absolute atomic E-state index is 0.493. The third-order valence-corrected chi connectivity index (χ3v) is 5.97. The van der Waals surface area contributed by atoms with Gasteiger partial charge in [-0.1, -0.05) is 36.4 Å². The highest BCUT2D eigenvalue weighted by molar-refractivity contribution is 5.60. The van der Waals surface area contributed by atoms with E-state index in [0.717, 1.165) is 48.2 Å². The second-order valence-electron chi connectivity index (χ2n) is 8.95. The Kier molecular flexibility index (Phi) is 4.70. The SMILES string of the molecule is CC(C)(O)c1ccc2c(c1)CCN(c1cc(Nc3ccccc3)nc(C3CC3)n1)C2. The fourth-order valence-electron chi connectivity index (χ4n) is 4.00. The maximum Gasteiger partial charge on any atom is 0.136 e. The standard InChI is InChI=1S/C25H28N4O/c1-25(2,30)20-11-10-19-16-29(13-12-18(19)14-20)23-15-22(26-21-6-4-3-5-7-21)27-24(28-23)17-8-9-17/h3-7,10-11,14-15,17,30H,8-9,12-13,16H2,1-2H3,(H,26,27,28). The molecule has 0 bridgehead atoms. The van der Waals surface area contributed by atoms with Crippen LogP contribution in [0.25, 0.3) is 0 Å². The van der Waals surface area contributed by atoms with Gasteiger partial charge in [-0.3, -0.25) is 0 Å². The first kappa shape index (κ1) is 19.1. The van der Waals surface area contributed by atoms with Crippen LogP contribution in [0.3, 0.4) is 0 Å². The Bertz CT molecular complexity index is 1050. The number of anilines is 3. The molecule has 1 aliphatic carbocycles. The highest BCUT2D eigenvalue weighted by atomic mass is 16.3. The summed E-state index contributed by atoms with van der Waals surface area (Å²) in [4.78, 5) is 12.1. The van der Waals surface area contributed by atoms with Gasteiger partial charge in [0.2, 0.25) is 0 Å². The Balaban J connectivity index is 1.42. The summed E-state index contributed by atoms with van der Waals surface area (Å²) in [6, 6.07) is 18.6. The summed E-state index contributed by atoms with van der Waals surface area (Å²) in [6.45, 7) is 5.42. The van der Waals surface area contributed by atoms with Gasteiger partial charge in [-0.2, -0.15) is 0 Å². The van der Waals surface area contributed by atoms with Gasteiger partial charge in [-0.05, 0) is 61.9 Å². The van der Waals surface area contributed by atoms with Gasteiger partial charge in [0, 0.05) is 30.8 Å². The van der Waals surface area contributed by atoms with Crippen LogP contribution in [0.15, 0.2) is 54.6 Å². The van der Waals surface area contributed by atoms with Gasteiger partial charge in [0.25, 0.3) is 0 Å². The Hall–Kier alpha value is -2.92. The Labute approximate surface area is 177 Å². The molecule has 30 heavy (non-hydrogen) atoms. The monoisotopic (exact) mass is 400 g/mol. The van der Waals surface area contributed by atoms with Gasteiger partial charge < -0.3 is 15.3 Å². The van der Waals surface area contributed by atoms with Crippen LogP contribution in [0.4, 0.5) is 17.3 Å². The summed E-state index contributed by atoms with van der Waals surface area (Å²) >= 11 is 0. The summed E-state index contributed by atoms with van der Waals surface area (Å²) in [5.41, 5.74) is 3.83. The molecule has 0 radical (unpaired) electrons. The van der Waals surface area contributed by atoms with Crippen molar-refractivity contribution in [2.24, 2.45) is 0 Å². The molecule has 154 valence electrons. The molecule has 5 heteroatoms. The molecule has 0 saturated heterocycles. The topological polar surface area (TPSA) is 61.3 Å². The van der Waals surface area contributed by atoms with E-state index in [2.05, 4.69) is 40.5 Å². The largest absolute Gasteiger partial charge is 0.386 e. The van der Waals surface area contributed by atoms with Gasteiger partial charge in [0.05, 0.1) is 5.60 Å². The fourth-order valence-corrected chi connectivity index (χ4v) is 4.00. The molecule has 0 unspecified atom stereocenters. The predicted octanol–water partition coefficient (Wildman–Crippen LogP) is 4.89. The van der Waals surface area contributed by atoms with Crippen molar-refractivity contribution in [3.8, 4) is 0 Å². The van der Waals surface area contributed by atoms with Gasteiger partial charge in [0.15, 0.2) is 0 Å². The Morgan fingerprint density at radius 2 is 1.80 bits per heavy atom. The molecule has 1 aromatic heterocycles. The van der Waals surface area contributed by atoms with E-state index in [1.807, 2.05) is 38.1 Å². The van der Waals surface area contributed by atoms with Gasteiger partial charge >= 0.3 is 0 Å². The summed E-state index contributed by atoms with van der Waals surface area (Å²) in [5.74, 6) is 3.29. The quantitative estimate of drug-likeness (QED) is 0.639. The summed E-state index contributed by atoms with van der Waals surface area (Å²) in [6.07, 6.45) is 3.30. The highest BCUT2D eigenvalue weighted by Gasteiger charge is 2.29. The smallest absolute Gasteiger partial charge is 0.136 e. The first-order chi connectivity index (χ1) is 14.5. The minimum Gasteiger partial charge on any atom is -0.386 e. The third-order valence-electron chi connectivity index (χ3n) is 5.97. The number of rotatable bonds is 5. The van der Waals surface area contributed by atoms with Crippen molar-refractivity contribution in [1.29, 1.82) is 0 Å². The number of aromatic nitrogens is 2. The number of hydrogen-bond donors (Lipinski definition) is 2. The number of para-hydroxylation sites is 1. The predicted molar refractivity (Wildman–Crippen MR) is 120 cm³/mol. The molecule has 2 heterocycles. The average molecular weight is 401 g/mol. The van der Waals surface area contributed by atoms with Gasteiger partial charge in [-0.25, -0.2) is 9.97 Å². The molecule has 5 rings (SSSR count). The van der Waals surface area contributed by atoms with E-state index >= 15 is 0 Å². The number of fused-ring (bicyclic) bond motifs is 1. The first-order valence-corrected chi connectivity index (χ1v) is 10.8. The lowest BCUT2D eigenvalue weighted by Gasteiger charge is -2.31. The summed E-state index contributed by atoms with van der Waals surface area (Å²) in [5, 5.41) is 13.8. The van der Waals surface area contributed by atoms with E-state index in [-0.39, 0.29) is 0 Å². The van der Waals surface area contributed by atoms with E-state index in [0.29, 0.717) is 5.92 Å². The normalized spacial score (nSPS) is 16.3. The van der Waals surface area contributed by atoms with Crippen molar-refractivity contribution in [3.05, 3.63) is 77.1 Å². The van der Waals surface area contributed by atoms with E-state index in [1.54, 1.807) is 0 Å². The van der Waals surface area contributed by atoms with Crippen molar-refractivity contribution in [2.75, 3.05) is 16.8 Å². The molecule has 5 nitrogen and oxygen atoms in total. The lowest BCUT2D eigenvalue weighted by molar-refractivity contribution is 0.0785. The van der Waals surface area contributed by atoms with Gasteiger partial charge in [0.1, 0.15) is 17.5 Å². The average Bonchev–Trinajstić information content (AvgIpc) is 3.58. The van der Waals surface area contributed by atoms with Crippen LogP contribution in [0, 0.1) is 0 Å². The molecule has 2 aromatic carbocycles. The molecular weight excluding hydrogens is 372 g/mol. The van der Waals surface area contributed by atoms with Crippen LogP contribution in [0.1, 0.15) is 55.1 Å². The zero-order chi connectivity index (χ0) is 20.7. The summed E-state index contributed by atoms with van der Waals surface area (Å²) < 4.78 is 0. The Morgan fingerprint density at radius 1 is 1.00 bits per heavy atom. The van der Waals surface area contributed by atoms with Crippen molar-refractivity contribution in [3.63, 3.8) is 0 Å². The third kappa shape index (κ3) is 4.03. The van der Waals surface area contributed by atoms with Crippen LogP contribution >= 0.6 is 0 Å². The van der Waals surface area contributed by atoms with Crippen LogP contribution in [-0.2, 0) is 18.6 Å². The summed E-state index contributed by atoms with van der Waals surface area (Å²) in [7, 11) is 0. The number of nitrogens with zero attached hydrogens (tertiary/aromatic N) is 3. The molecular formula is C25H28N4O. The van der Waals surface area contributed by atoms with Crippen molar-refractivity contribution >= 4 is 17.3 Å². The highest BCUT2D eigenvalue weighted by Crippen LogP contribution is 2.39. The molecule has 1 aliphatic heterocycles. The lowest BCUT2D eigenvalue weighted by Crippen LogP contribution is -2.32. The minimum atomic E-state index is -0.810. The molecule has 2 aliphatic rings. The van der Waals surface area contributed by atoms with Crippen LogP contribution in [0.2, 0.25) is 0 Å². The fraction of sp³-hybridized carbons (Fsp3) is 0.360. The molecule has 1 fully saturated rings. The maximum absolute atomic E-state index is 10.3. The maximum atomic E-state index is 10.3. The molecule has 0 amide bonds. The number of hydrogen-bond acceptors (Lipinski definition) is 5. The molecule has 0 spiro atoms. The van der Waals surface area contributed by atoms with Gasteiger partial charge in [-0.15, -0.1) is 0 Å². The van der Waals surface area contributed by atoms with E-state index in [4.69, 9.17) is 9.97 Å². The molecule has 2 N–H and O–H groups in total. The van der Waals surface area contributed by atoms with Crippen LogP contribution in [0.5, 0.6) is 0 Å². The van der Waals surface area contributed by atoms with E-state index < -0.39 is 5.60 Å². The molecule has 3 aromatic rings. The first-order valence-electron chi connectivity index (χ1n) is 10.8. The van der Waals surface area contributed by atoms with Crippen molar-refractivity contribution in [2.45, 2.75) is 51.2 Å². The number of nitrogens with one attached hydrogen (secondary N) is 1.